The average molecular weight is 359 g/mol. The van der Waals surface area contributed by atoms with Crippen molar-refractivity contribution < 1.29 is 14.5 Å². The second-order valence-electron chi connectivity index (χ2n) is 5.06. The standard InChI is InChI=1S/C17H17N3O4S/c21-16(8-7-13-4-1-5-14(12-13)20(23)24)18-9-3-10-19-17(22)15-6-2-11-25-15/h1-2,4-8,11-12H,3,9-10H2,(H,18,21)(H,19,22)/b8-7+. The third-order valence-corrected chi connectivity index (χ3v) is 4.06. The smallest absolute Gasteiger partial charge is 0.270 e. The van der Waals surface area contributed by atoms with Crippen molar-refractivity contribution in [3.8, 4) is 0 Å². The molecular formula is C17H17N3O4S. The summed E-state index contributed by atoms with van der Waals surface area (Å²) in [6, 6.07) is 9.59. The van der Waals surface area contributed by atoms with Crippen LogP contribution in [0.2, 0.25) is 0 Å². The number of nitro benzene ring substituents is 1. The molecule has 2 N–H and O–H groups in total. The maximum absolute atomic E-state index is 11.7. The first-order valence-electron chi connectivity index (χ1n) is 7.58. The number of amides is 2. The predicted octanol–water partition coefficient (Wildman–Crippen LogP) is 2.61. The molecule has 0 radical (unpaired) electrons. The van der Waals surface area contributed by atoms with Gasteiger partial charge in [-0.1, -0.05) is 18.2 Å². The summed E-state index contributed by atoms with van der Waals surface area (Å²) in [4.78, 5) is 34.3. The largest absolute Gasteiger partial charge is 0.352 e. The fraction of sp³-hybridized carbons (Fsp3) is 0.176. The Morgan fingerprint density at radius 2 is 1.96 bits per heavy atom. The zero-order chi connectivity index (χ0) is 18.1. The van der Waals surface area contributed by atoms with E-state index in [4.69, 9.17) is 0 Å². The number of nitrogens with one attached hydrogen (secondary N) is 2. The van der Waals surface area contributed by atoms with Crippen molar-refractivity contribution >= 4 is 34.9 Å². The highest BCUT2D eigenvalue weighted by atomic mass is 32.1. The number of non-ortho nitro benzene ring substituents is 1. The molecule has 8 heteroatoms. The van der Waals surface area contributed by atoms with Crippen LogP contribution in [0.25, 0.3) is 6.08 Å². The highest BCUT2D eigenvalue weighted by molar-refractivity contribution is 7.12. The first-order chi connectivity index (χ1) is 12.1. The van der Waals surface area contributed by atoms with Gasteiger partial charge in [0, 0.05) is 31.3 Å². The van der Waals surface area contributed by atoms with Crippen molar-refractivity contribution in [1.82, 2.24) is 10.6 Å². The van der Waals surface area contributed by atoms with Crippen molar-refractivity contribution in [3.05, 3.63) is 68.4 Å². The molecule has 2 rings (SSSR count). The van der Waals surface area contributed by atoms with Crippen LogP contribution >= 0.6 is 11.3 Å². The van der Waals surface area contributed by atoms with Gasteiger partial charge in [-0.3, -0.25) is 19.7 Å². The number of carbonyl (C=O) groups excluding carboxylic acids is 2. The van der Waals surface area contributed by atoms with Crippen LogP contribution in [-0.4, -0.2) is 29.8 Å². The molecule has 7 nitrogen and oxygen atoms in total. The summed E-state index contributed by atoms with van der Waals surface area (Å²) < 4.78 is 0. The van der Waals surface area contributed by atoms with Gasteiger partial charge in [0.2, 0.25) is 5.91 Å². The molecule has 2 amide bonds. The Morgan fingerprint density at radius 1 is 1.16 bits per heavy atom. The van der Waals surface area contributed by atoms with E-state index < -0.39 is 4.92 Å². The first kappa shape index (κ1) is 18.3. The van der Waals surface area contributed by atoms with Crippen LogP contribution < -0.4 is 10.6 Å². The molecule has 0 aliphatic carbocycles. The van der Waals surface area contributed by atoms with E-state index in [1.54, 1.807) is 18.2 Å². The molecule has 0 saturated heterocycles. The minimum atomic E-state index is -0.484. The quantitative estimate of drug-likeness (QED) is 0.327. The number of carbonyl (C=O) groups is 2. The lowest BCUT2D eigenvalue weighted by Crippen LogP contribution is -2.28. The average Bonchev–Trinajstić information content (AvgIpc) is 3.14. The summed E-state index contributed by atoms with van der Waals surface area (Å²) >= 11 is 1.37. The van der Waals surface area contributed by atoms with Crippen LogP contribution in [0.1, 0.15) is 21.7 Å². The van der Waals surface area contributed by atoms with Crippen molar-refractivity contribution in [3.63, 3.8) is 0 Å². The minimum Gasteiger partial charge on any atom is -0.352 e. The maximum Gasteiger partial charge on any atom is 0.270 e. The van der Waals surface area contributed by atoms with Crippen molar-refractivity contribution in [2.75, 3.05) is 13.1 Å². The fourth-order valence-electron chi connectivity index (χ4n) is 1.97. The Labute approximate surface area is 148 Å². The highest BCUT2D eigenvalue weighted by Crippen LogP contribution is 2.14. The monoisotopic (exact) mass is 359 g/mol. The second kappa shape index (κ2) is 9.33. The third-order valence-electron chi connectivity index (χ3n) is 3.19. The molecule has 1 heterocycles. The van der Waals surface area contributed by atoms with Gasteiger partial charge in [-0.25, -0.2) is 0 Å². The molecule has 25 heavy (non-hydrogen) atoms. The Morgan fingerprint density at radius 3 is 2.68 bits per heavy atom. The lowest BCUT2D eigenvalue weighted by atomic mass is 10.2. The molecule has 1 aromatic carbocycles. The number of thiophene rings is 1. The predicted molar refractivity (Wildman–Crippen MR) is 96.4 cm³/mol. The molecule has 0 aliphatic rings. The van der Waals surface area contributed by atoms with Gasteiger partial charge in [0.25, 0.3) is 11.6 Å². The van der Waals surface area contributed by atoms with Crippen molar-refractivity contribution in [2.24, 2.45) is 0 Å². The van der Waals surface area contributed by atoms with Crippen LogP contribution in [0.5, 0.6) is 0 Å². The lowest BCUT2D eigenvalue weighted by Gasteiger charge is -2.04. The Bertz CT molecular complexity index is 772. The first-order valence-corrected chi connectivity index (χ1v) is 8.46. The van der Waals surface area contributed by atoms with Gasteiger partial charge in [0.1, 0.15) is 0 Å². The van der Waals surface area contributed by atoms with Crippen LogP contribution in [0.3, 0.4) is 0 Å². The van der Waals surface area contributed by atoms with E-state index in [0.29, 0.717) is 30.0 Å². The number of nitro groups is 1. The van der Waals surface area contributed by atoms with Crippen LogP contribution in [0.15, 0.2) is 47.9 Å². The summed E-state index contributed by atoms with van der Waals surface area (Å²) in [6.45, 7) is 0.883. The topological polar surface area (TPSA) is 101 Å². The fourth-order valence-corrected chi connectivity index (χ4v) is 2.61. The summed E-state index contributed by atoms with van der Waals surface area (Å²) in [5.41, 5.74) is 0.552. The summed E-state index contributed by atoms with van der Waals surface area (Å²) in [6.07, 6.45) is 3.44. The van der Waals surface area contributed by atoms with Gasteiger partial charge in [0.05, 0.1) is 9.80 Å². The van der Waals surface area contributed by atoms with Crippen LogP contribution in [0.4, 0.5) is 5.69 Å². The molecule has 1 aromatic heterocycles. The molecule has 0 atom stereocenters. The van der Waals surface area contributed by atoms with Crippen molar-refractivity contribution in [1.29, 1.82) is 0 Å². The summed E-state index contributed by atoms with van der Waals surface area (Å²) in [5.74, 6) is -0.414. The number of rotatable bonds is 8. The van der Waals surface area contributed by atoms with Crippen molar-refractivity contribution in [2.45, 2.75) is 6.42 Å². The van der Waals surface area contributed by atoms with Gasteiger partial charge in [0.15, 0.2) is 0 Å². The third kappa shape index (κ3) is 6.19. The Hall–Kier alpha value is -3.00. The number of hydrogen-bond donors (Lipinski definition) is 2. The molecule has 0 bridgehead atoms. The zero-order valence-corrected chi connectivity index (χ0v) is 14.1. The highest BCUT2D eigenvalue weighted by Gasteiger charge is 2.05. The normalized spacial score (nSPS) is 10.6. The molecule has 0 aliphatic heterocycles. The lowest BCUT2D eigenvalue weighted by molar-refractivity contribution is -0.384. The van der Waals surface area contributed by atoms with Gasteiger partial charge >= 0.3 is 0 Å². The van der Waals surface area contributed by atoms with E-state index in [0.717, 1.165) is 0 Å². The van der Waals surface area contributed by atoms with Gasteiger partial charge < -0.3 is 10.6 Å². The van der Waals surface area contributed by atoms with E-state index in [2.05, 4.69) is 10.6 Å². The van der Waals surface area contributed by atoms with Crippen LogP contribution in [0, 0.1) is 10.1 Å². The maximum atomic E-state index is 11.7. The minimum absolute atomic E-state index is 0.0240. The Balaban J connectivity index is 1.67. The number of nitrogens with zero attached hydrogens (tertiary/aromatic N) is 1. The summed E-state index contributed by atoms with van der Waals surface area (Å²) in [7, 11) is 0. The van der Waals surface area contributed by atoms with E-state index in [1.807, 2.05) is 11.4 Å². The second-order valence-corrected chi connectivity index (χ2v) is 6.01. The van der Waals surface area contributed by atoms with Gasteiger partial charge in [-0.2, -0.15) is 0 Å². The molecule has 0 unspecified atom stereocenters. The van der Waals surface area contributed by atoms with E-state index in [9.17, 15) is 19.7 Å². The molecule has 130 valence electrons. The van der Waals surface area contributed by atoms with E-state index >= 15 is 0 Å². The van der Waals surface area contributed by atoms with E-state index in [-0.39, 0.29) is 17.5 Å². The molecular weight excluding hydrogens is 342 g/mol. The molecule has 0 fully saturated rings. The number of hydrogen-bond acceptors (Lipinski definition) is 5. The SMILES string of the molecule is O=C(/C=C/c1cccc([N+](=O)[O-])c1)NCCCNC(=O)c1cccs1. The summed E-state index contributed by atoms with van der Waals surface area (Å²) in [5, 5.41) is 18.0. The van der Waals surface area contributed by atoms with Gasteiger partial charge in [-0.05, 0) is 29.5 Å². The zero-order valence-electron chi connectivity index (χ0n) is 13.3. The van der Waals surface area contributed by atoms with Gasteiger partial charge in [-0.15, -0.1) is 11.3 Å². The molecule has 0 spiro atoms. The number of benzene rings is 1. The van der Waals surface area contributed by atoms with E-state index in [1.165, 1.54) is 35.6 Å². The van der Waals surface area contributed by atoms with Crippen LogP contribution in [-0.2, 0) is 4.79 Å². The molecule has 0 saturated carbocycles. The Kier molecular flexibility index (Phi) is 6.85. The molecule has 2 aromatic rings.